The molecule has 2 aromatic rings. The number of carbonyl (C=O) groups excluding carboxylic acids is 1. The number of hydrogen-bond acceptors (Lipinski definition) is 6. The average Bonchev–Trinajstić information content (AvgIpc) is 3.29. The van der Waals surface area contributed by atoms with Crippen molar-refractivity contribution in [2.75, 3.05) is 57.4 Å². The van der Waals surface area contributed by atoms with Crippen molar-refractivity contribution in [3.8, 4) is 16.9 Å². The van der Waals surface area contributed by atoms with Crippen LogP contribution in [-0.2, 0) is 4.74 Å². The number of benzene rings is 2. The molecule has 0 spiro atoms. The zero-order chi connectivity index (χ0) is 25.5. The Balaban J connectivity index is 1.49. The first-order valence-corrected chi connectivity index (χ1v) is 13.0. The highest BCUT2D eigenvalue weighted by molar-refractivity contribution is 6.00. The van der Waals surface area contributed by atoms with Gasteiger partial charge >= 0.3 is 6.03 Å². The Bertz CT molecular complexity index is 1450. The fourth-order valence-electron chi connectivity index (χ4n) is 5.36. The molecule has 9 heteroatoms. The van der Waals surface area contributed by atoms with E-state index in [1.807, 2.05) is 47.4 Å². The third kappa shape index (κ3) is 4.28. The molecular formula is C28H32N6O3. The summed E-state index contributed by atoms with van der Waals surface area (Å²) >= 11 is 0. The summed E-state index contributed by atoms with van der Waals surface area (Å²) in [4.78, 5) is 33.9. The van der Waals surface area contributed by atoms with E-state index in [9.17, 15) is 9.59 Å². The standard InChI is InChI=1S/C28H32N6O3/c1-20(2)30-10-12-32(13-11-30)28(36)33-19-24-26(29-34(27(24)35)21-6-4-3-5-7-21)23-18-22(8-9-25(23)33)31-14-16-37-17-15-31/h3-9,18-20H,10-17H2,1-2H3. The Morgan fingerprint density at radius 1 is 0.919 bits per heavy atom. The van der Waals surface area contributed by atoms with Gasteiger partial charge in [-0.05, 0) is 44.2 Å². The molecule has 2 saturated heterocycles. The van der Waals surface area contributed by atoms with Crippen LogP contribution in [0.5, 0.6) is 0 Å². The maximum atomic E-state index is 13.8. The summed E-state index contributed by atoms with van der Waals surface area (Å²) in [6, 6.07) is 15.8. The number of morpholine rings is 1. The lowest BCUT2D eigenvalue weighted by molar-refractivity contribution is 0.120. The maximum Gasteiger partial charge on any atom is 0.328 e. The highest BCUT2D eigenvalue weighted by atomic mass is 16.5. The quantitative estimate of drug-likeness (QED) is 0.430. The van der Waals surface area contributed by atoms with Crippen LogP contribution in [0.25, 0.3) is 27.8 Å². The van der Waals surface area contributed by atoms with E-state index in [2.05, 4.69) is 29.7 Å². The molecule has 9 nitrogen and oxygen atoms in total. The van der Waals surface area contributed by atoms with E-state index in [0.29, 0.717) is 49.3 Å². The average molecular weight is 501 g/mol. The van der Waals surface area contributed by atoms with Crippen molar-refractivity contribution in [3.63, 3.8) is 0 Å². The van der Waals surface area contributed by atoms with E-state index in [1.165, 1.54) is 4.68 Å². The minimum atomic E-state index is -0.231. The van der Waals surface area contributed by atoms with Gasteiger partial charge in [0, 0.05) is 62.6 Å². The van der Waals surface area contributed by atoms with Crippen molar-refractivity contribution in [1.29, 1.82) is 0 Å². The lowest BCUT2D eigenvalue weighted by Gasteiger charge is -2.37. The van der Waals surface area contributed by atoms with E-state index in [1.54, 1.807) is 10.8 Å². The number of anilines is 1. The van der Waals surface area contributed by atoms with Gasteiger partial charge in [0.25, 0.3) is 5.56 Å². The van der Waals surface area contributed by atoms with E-state index in [-0.39, 0.29) is 11.6 Å². The monoisotopic (exact) mass is 500 g/mol. The van der Waals surface area contributed by atoms with Gasteiger partial charge in [-0.2, -0.15) is 9.78 Å². The molecule has 0 saturated carbocycles. The normalized spacial score (nSPS) is 17.3. The van der Waals surface area contributed by atoms with Crippen LogP contribution in [0, 0.1) is 0 Å². The molecule has 4 aliphatic heterocycles. The van der Waals surface area contributed by atoms with E-state index in [4.69, 9.17) is 9.84 Å². The van der Waals surface area contributed by atoms with Crippen molar-refractivity contribution in [1.82, 2.24) is 24.1 Å². The van der Waals surface area contributed by atoms with Crippen LogP contribution in [0.3, 0.4) is 0 Å². The molecule has 2 fully saturated rings. The fraction of sp³-hybridized carbons (Fsp3) is 0.393. The molecule has 0 radical (unpaired) electrons. The molecule has 4 aliphatic rings. The minimum absolute atomic E-state index is 0.110. The molecular weight excluding hydrogens is 468 g/mol. The molecule has 4 heterocycles. The van der Waals surface area contributed by atoms with Gasteiger partial charge < -0.3 is 14.5 Å². The van der Waals surface area contributed by atoms with Crippen molar-refractivity contribution in [2.24, 2.45) is 0 Å². The van der Waals surface area contributed by atoms with Gasteiger partial charge in [0.1, 0.15) is 5.69 Å². The number of pyridine rings is 1. The Hall–Kier alpha value is -3.69. The Morgan fingerprint density at radius 3 is 2.35 bits per heavy atom. The molecule has 0 N–H and O–H groups in total. The van der Waals surface area contributed by atoms with Gasteiger partial charge in [-0.3, -0.25) is 14.3 Å². The molecule has 192 valence electrons. The predicted molar refractivity (Wildman–Crippen MR) is 144 cm³/mol. The van der Waals surface area contributed by atoms with Gasteiger partial charge in [-0.15, -0.1) is 0 Å². The van der Waals surface area contributed by atoms with Crippen molar-refractivity contribution in [2.45, 2.75) is 19.9 Å². The van der Waals surface area contributed by atoms with E-state index >= 15 is 0 Å². The number of amides is 1. The Morgan fingerprint density at radius 2 is 1.65 bits per heavy atom. The first kappa shape index (κ1) is 23.7. The van der Waals surface area contributed by atoms with E-state index in [0.717, 1.165) is 42.8 Å². The van der Waals surface area contributed by atoms with Gasteiger partial charge in [0.15, 0.2) is 0 Å². The molecule has 6 rings (SSSR count). The summed E-state index contributed by atoms with van der Waals surface area (Å²) < 4.78 is 8.61. The molecule has 0 aliphatic carbocycles. The largest absolute Gasteiger partial charge is 0.378 e. The second kappa shape index (κ2) is 9.64. The smallest absolute Gasteiger partial charge is 0.328 e. The third-order valence-electron chi connectivity index (χ3n) is 7.53. The van der Waals surface area contributed by atoms with Crippen LogP contribution in [0.15, 0.2) is 59.5 Å². The number of nitrogens with zero attached hydrogens (tertiary/aromatic N) is 6. The number of piperazine rings is 1. The maximum absolute atomic E-state index is 13.8. The fourth-order valence-corrected chi connectivity index (χ4v) is 5.36. The van der Waals surface area contributed by atoms with Crippen LogP contribution in [0.4, 0.5) is 10.5 Å². The summed E-state index contributed by atoms with van der Waals surface area (Å²) in [7, 11) is 0. The molecule has 1 amide bonds. The van der Waals surface area contributed by atoms with Crippen molar-refractivity contribution in [3.05, 3.63) is 65.1 Å². The third-order valence-corrected chi connectivity index (χ3v) is 7.53. The van der Waals surface area contributed by atoms with Gasteiger partial charge in [0.05, 0.1) is 30.0 Å². The van der Waals surface area contributed by atoms with Crippen LogP contribution in [-0.4, -0.2) is 88.7 Å². The molecule has 0 aromatic heterocycles. The number of carbonyl (C=O) groups is 1. The first-order valence-electron chi connectivity index (χ1n) is 13.0. The minimum Gasteiger partial charge on any atom is -0.378 e. The lowest BCUT2D eigenvalue weighted by atomic mass is 10.1. The van der Waals surface area contributed by atoms with Crippen molar-refractivity contribution < 1.29 is 9.53 Å². The van der Waals surface area contributed by atoms with Crippen molar-refractivity contribution >= 4 is 22.6 Å². The zero-order valence-corrected chi connectivity index (χ0v) is 21.3. The lowest BCUT2D eigenvalue weighted by Crippen LogP contribution is -2.51. The molecule has 0 bridgehead atoms. The number of aromatic nitrogens is 3. The number of hydrogen-bond donors (Lipinski definition) is 0. The SMILES string of the molecule is CC(C)N1CCN(C(=O)n2cc3c(=O)n(-c4ccccc4)nc-3c3cc(N4CCOCC4)ccc32)CC1. The second-order valence-electron chi connectivity index (χ2n) is 10.0. The highest BCUT2D eigenvalue weighted by Crippen LogP contribution is 2.32. The number of rotatable bonds is 3. The Kier molecular flexibility index (Phi) is 6.18. The first-order chi connectivity index (χ1) is 18.0. The molecule has 37 heavy (non-hydrogen) atoms. The zero-order valence-electron chi connectivity index (χ0n) is 21.3. The highest BCUT2D eigenvalue weighted by Gasteiger charge is 2.28. The van der Waals surface area contributed by atoms with Crippen LogP contribution < -0.4 is 10.5 Å². The summed E-state index contributed by atoms with van der Waals surface area (Å²) in [5.74, 6) is 0. The summed E-state index contributed by atoms with van der Waals surface area (Å²) in [6.07, 6.45) is 1.68. The summed E-state index contributed by atoms with van der Waals surface area (Å²) in [5.41, 5.74) is 3.29. The van der Waals surface area contributed by atoms with Crippen LogP contribution >= 0.6 is 0 Å². The van der Waals surface area contributed by atoms with E-state index < -0.39 is 0 Å². The summed E-state index contributed by atoms with van der Waals surface area (Å²) in [6.45, 7) is 10.3. The number of para-hydroxylation sites is 1. The number of fused-ring (bicyclic) bond motifs is 3. The molecule has 0 unspecified atom stereocenters. The van der Waals surface area contributed by atoms with Gasteiger partial charge in [-0.25, -0.2) is 4.79 Å². The summed E-state index contributed by atoms with van der Waals surface area (Å²) in [5, 5.41) is 5.55. The molecule has 2 aromatic carbocycles. The Labute approximate surface area is 215 Å². The van der Waals surface area contributed by atoms with Gasteiger partial charge in [0.2, 0.25) is 0 Å². The van der Waals surface area contributed by atoms with Crippen LogP contribution in [0.2, 0.25) is 0 Å². The number of ether oxygens (including phenoxy) is 1. The second-order valence-corrected chi connectivity index (χ2v) is 10.0. The van der Waals surface area contributed by atoms with Gasteiger partial charge in [-0.1, -0.05) is 18.2 Å². The topological polar surface area (TPSA) is 75.8 Å². The van der Waals surface area contributed by atoms with Crippen LogP contribution in [0.1, 0.15) is 13.8 Å². The predicted octanol–water partition coefficient (Wildman–Crippen LogP) is 3.12. The molecule has 0 atom stereocenters.